The molecule has 4 heterocycles. The maximum atomic E-state index is 4.85. The van der Waals surface area contributed by atoms with Gasteiger partial charge in [0.05, 0.1) is 6.54 Å². The maximum Gasteiger partial charge on any atom is 0.194 e. The van der Waals surface area contributed by atoms with Crippen LogP contribution in [0.5, 0.6) is 0 Å². The minimum atomic E-state index is 0. The van der Waals surface area contributed by atoms with Crippen molar-refractivity contribution in [2.75, 3.05) is 37.6 Å². The van der Waals surface area contributed by atoms with Crippen molar-refractivity contribution in [1.29, 1.82) is 0 Å². The third-order valence-electron chi connectivity index (χ3n) is 5.18. The number of guanidine groups is 1. The lowest BCUT2D eigenvalue weighted by molar-refractivity contribution is 0.371. The van der Waals surface area contributed by atoms with E-state index >= 15 is 0 Å². The number of anilines is 1. The van der Waals surface area contributed by atoms with Crippen LogP contribution in [0, 0.1) is 6.92 Å². The van der Waals surface area contributed by atoms with Crippen LogP contribution in [-0.4, -0.2) is 63.1 Å². The average Bonchev–Trinajstić information content (AvgIpc) is 3.23. The quantitative estimate of drug-likeness (QED) is 0.310. The van der Waals surface area contributed by atoms with Crippen LogP contribution in [0.25, 0.3) is 5.82 Å². The van der Waals surface area contributed by atoms with Gasteiger partial charge in [0.2, 0.25) is 0 Å². The zero-order valence-corrected chi connectivity index (χ0v) is 20.3. The second-order valence-electron chi connectivity index (χ2n) is 7.20. The fraction of sp³-hybridized carbons (Fsp3) is 0.364. The predicted octanol–water partition coefficient (Wildman–Crippen LogP) is 2.88. The van der Waals surface area contributed by atoms with Crippen molar-refractivity contribution in [3.63, 3.8) is 0 Å². The molecule has 8 nitrogen and oxygen atoms in total. The molecule has 1 aliphatic rings. The number of aromatic nitrogens is 4. The predicted molar refractivity (Wildman–Crippen MR) is 134 cm³/mol. The van der Waals surface area contributed by atoms with Gasteiger partial charge in [0.25, 0.3) is 0 Å². The first-order valence-corrected chi connectivity index (χ1v) is 10.4. The third-order valence-corrected chi connectivity index (χ3v) is 5.18. The Kier molecular flexibility index (Phi) is 8.21. The van der Waals surface area contributed by atoms with Gasteiger partial charge in [-0.05, 0) is 37.6 Å². The van der Waals surface area contributed by atoms with Crippen molar-refractivity contribution in [1.82, 2.24) is 29.7 Å². The lowest BCUT2D eigenvalue weighted by atomic mass is 10.3. The second-order valence-corrected chi connectivity index (χ2v) is 7.20. The molecular formula is C22H29IN8. The molecule has 1 fully saturated rings. The molecule has 1 aliphatic heterocycles. The Hall–Kier alpha value is -2.69. The van der Waals surface area contributed by atoms with Gasteiger partial charge in [-0.3, -0.25) is 4.57 Å². The summed E-state index contributed by atoms with van der Waals surface area (Å²) in [6.45, 7) is 9.21. The molecule has 0 atom stereocenters. The first-order chi connectivity index (χ1) is 14.7. The van der Waals surface area contributed by atoms with E-state index in [1.165, 1.54) is 0 Å². The first kappa shape index (κ1) is 23.0. The molecule has 164 valence electrons. The number of nitrogens with one attached hydrogen (secondary N) is 1. The van der Waals surface area contributed by atoms with Crippen molar-refractivity contribution in [3.8, 4) is 5.82 Å². The zero-order valence-electron chi connectivity index (χ0n) is 18.0. The summed E-state index contributed by atoms with van der Waals surface area (Å²) < 4.78 is 1.97. The summed E-state index contributed by atoms with van der Waals surface area (Å²) in [6, 6.07) is 10.1. The van der Waals surface area contributed by atoms with Gasteiger partial charge in [0, 0.05) is 57.5 Å². The highest BCUT2D eigenvalue weighted by Gasteiger charge is 2.20. The van der Waals surface area contributed by atoms with Crippen LogP contribution in [0.4, 0.5) is 5.82 Å². The summed E-state index contributed by atoms with van der Waals surface area (Å²) in [7, 11) is 0. The maximum absolute atomic E-state index is 4.85. The van der Waals surface area contributed by atoms with Crippen LogP contribution in [0.15, 0.2) is 60.1 Å². The van der Waals surface area contributed by atoms with E-state index in [1.54, 1.807) is 6.20 Å². The third kappa shape index (κ3) is 5.72. The molecule has 0 amide bonds. The van der Waals surface area contributed by atoms with Gasteiger partial charge in [0.15, 0.2) is 5.96 Å². The molecule has 3 aromatic heterocycles. The Bertz CT molecular complexity index is 963. The normalized spacial score (nSPS) is 14.3. The molecule has 3 aromatic rings. The number of rotatable bonds is 5. The van der Waals surface area contributed by atoms with Gasteiger partial charge < -0.3 is 15.1 Å². The topological polar surface area (TPSA) is 74.5 Å². The van der Waals surface area contributed by atoms with E-state index in [0.29, 0.717) is 6.54 Å². The first-order valence-electron chi connectivity index (χ1n) is 10.4. The number of hydrogen-bond donors (Lipinski definition) is 1. The van der Waals surface area contributed by atoms with E-state index in [0.717, 1.165) is 61.7 Å². The Morgan fingerprint density at radius 3 is 2.45 bits per heavy atom. The van der Waals surface area contributed by atoms with E-state index in [-0.39, 0.29) is 24.0 Å². The molecular weight excluding hydrogens is 503 g/mol. The van der Waals surface area contributed by atoms with Crippen LogP contribution in [0.2, 0.25) is 0 Å². The molecule has 9 heteroatoms. The van der Waals surface area contributed by atoms with Crippen molar-refractivity contribution in [3.05, 3.63) is 66.5 Å². The van der Waals surface area contributed by atoms with Crippen molar-refractivity contribution in [2.24, 2.45) is 4.99 Å². The summed E-state index contributed by atoms with van der Waals surface area (Å²) in [6.07, 6.45) is 7.44. The molecule has 0 unspecified atom stereocenters. The summed E-state index contributed by atoms with van der Waals surface area (Å²) in [4.78, 5) is 22.8. The second kappa shape index (κ2) is 11.1. The number of aliphatic imine (C=N–C) groups is 1. The number of imidazole rings is 1. The van der Waals surface area contributed by atoms with E-state index in [1.807, 2.05) is 48.3 Å². The largest absolute Gasteiger partial charge is 0.357 e. The monoisotopic (exact) mass is 532 g/mol. The van der Waals surface area contributed by atoms with E-state index < -0.39 is 0 Å². The van der Waals surface area contributed by atoms with Crippen molar-refractivity contribution >= 4 is 35.8 Å². The van der Waals surface area contributed by atoms with E-state index in [9.17, 15) is 0 Å². The van der Waals surface area contributed by atoms with Gasteiger partial charge in [-0.1, -0.05) is 12.1 Å². The lowest BCUT2D eigenvalue weighted by Gasteiger charge is -2.37. The van der Waals surface area contributed by atoms with Gasteiger partial charge in [-0.2, -0.15) is 0 Å². The summed E-state index contributed by atoms with van der Waals surface area (Å²) >= 11 is 0. The molecule has 0 radical (unpaired) electrons. The number of halogens is 1. The fourth-order valence-electron chi connectivity index (χ4n) is 3.55. The van der Waals surface area contributed by atoms with Crippen LogP contribution in [-0.2, 0) is 6.54 Å². The van der Waals surface area contributed by atoms with Crippen molar-refractivity contribution in [2.45, 2.75) is 20.4 Å². The van der Waals surface area contributed by atoms with E-state index in [4.69, 9.17) is 4.99 Å². The fourth-order valence-corrected chi connectivity index (χ4v) is 3.55. The number of aryl methyl sites for hydroxylation is 1. The summed E-state index contributed by atoms with van der Waals surface area (Å²) in [5.41, 5.74) is 1.08. The van der Waals surface area contributed by atoms with Crippen molar-refractivity contribution < 1.29 is 0 Å². The Labute approximate surface area is 200 Å². The molecule has 4 rings (SSSR count). The van der Waals surface area contributed by atoms with Gasteiger partial charge in [-0.25, -0.2) is 19.9 Å². The van der Waals surface area contributed by atoms with Crippen LogP contribution in [0.3, 0.4) is 0 Å². The minimum Gasteiger partial charge on any atom is -0.357 e. The summed E-state index contributed by atoms with van der Waals surface area (Å²) in [5.74, 6) is 3.79. The SMILES string of the molecule is CCNC(=NCc1ccc(-n2ccnc2C)nc1)N1CCN(c2ccccn2)CC1.I. The zero-order chi connectivity index (χ0) is 20.8. The van der Waals surface area contributed by atoms with Gasteiger partial charge in [0.1, 0.15) is 17.5 Å². The molecule has 0 aromatic carbocycles. The number of piperazine rings is 1. The molecule has 0 spiro atoms. The number of pyridine rings is 2. The van der Waals surface area contributed by atoms with Gasteiger partial charge >= 0.3 is 0 Å². The lowest BCUT2D eigenvalue weighted by Crippen LogP contribution is -2.52. The van der Waals surface area contributed by atoms with Gasteiger partial charge in [-0.15, -0.1) is 24.0 Å². The molecule has 0 aliphatic carbocycles. The highest BCUT2D eigenvalue weighted by atomic mass is 127. The number of nitrogens with zero attached hydrogens (tertiary/aromatic N) is 7. The molecule has 31 heavy (non-hydrogen) atoms. The molecule has 0 bridgehead atoms. The van der Waals surface area contributed by atoms with Crippen LogP contribution < -0.4 is 10.2 Å². The molecule has 1 saturated heterocycles. The highest BCUT2D eigenvalue weighted by Crippen LogP contribution is 2.13. The highest BCUT2D eigenvalue weighted by molar-refractivity contribution is 14.0. The minimum absolute atomic E-state index is 0. The van der Waals surface area contributed by atoms with Crippen LogP contribution in [0.1, 0.15) is 18.3 Å². The standard InChI is InChI=1S/C22H28N8.HI/c1-3-23-22(29-14-12-28(13-15-29)20-6-4-5-9-25-20)27-17-19-7-8-21(26-16-19)30-11-10-24-18(30)2;/h4-11,16H,3,12-15,17H2,1-2H3,(H,23,27);1H. The smallest absolute Gasteiger partial charge is 0.194 e. The Morgan fingerprint density at radius 2 is 1.84 bits per heavy atom. The average molecular weight is 532 g/mol. The summed E-state index contributed by atoms with van der Waals surface area (Å²) in [5, 5.41) is 3.43. The number of hydrogen-bond acceptors (Lipinski definition) is 5. The Balaban J connectivity index is 0.00000272. The van der Waals surface area contributed by atoms with E-state index in [2.05, 4.69) is 49.1 Å². The van der Waals surface area contributed by atoms with Crippen LogP contribution >= 0.6 is 24.0 Å². The molecule has 0 saturated carbocycles. The Morgan fingerprint density at radius 1 is 1.00 bits per heavy atom. The molecule has 1 N–H and O–H groups in total.